The van der Waals surface area contributed by atoms with E-state index >= 15 is 0 Å². The molecule has 3 rings (SSSR count). The summed E-state index contributed by atoms with van der Waals surface area (Å²) >= 11 is 0. The summed E-state index contributed by atoms with van der Waals surface area (Å²) in [6.07, 6.45) is -0.330. The number of rotatable bonds is 10. The number of ether oxygens (including phenoxy) is 4. The van der Waals surface area contributed by atoms with E-state index < -0.39 is 35.3 Å². The number of nitrogens with zero attached hydrogens (tertiary/aromatic N) is 1. The fourth-order valence-electron chi connectivity index (χ4n) is 4.34. The Morgan fingerprint density at radius 2 is 1.97 bits per heavy atom. The topological polar surface area (TPSA) is 139 Å². The van der Waals surface area contributed by atoms with E-state index in [0.29, 0.717) is 50.6 Å². The number of amides is 2. The van der Waals surface area contributed by atoms with Gasteiger partial charge < -0.3 is 34.1 Å². The van der Waals surface area contributed by atoms with Crippen molar-refractivity contribution in [2.24, 2.45) is 0 Å². The number of carbonyl (C=O) groups is 2. The van der Waals surface area contributed by atoms with Crippen molar-refractivity contribution < 1.29 is 38.7 Å². The third-order valence-electron chi connectivity index (χ3n) is 6.39. The Kier molecular flexibility index (Phi) is 8.84. The van der Waals surface area contributed by atoms with Gasteiger partial charge in [0.25, 0.3) is 0 Å². The van der Waals surface area contributed by atoms with Crippen molar-refractivity contribution in [2.45, 2.75) is 76.8 Å². The molecule has 1 aromatic carbocycles. The highest BCUT2D eigenvalue weighted by molar-refractivity contribution is 5.81. The van der Waals surface area contributed by atoms with Crippen LogP contribution in [0.4, 0.5) is 4.79 Å². The number of hydrogen-bond acceptors (Lipinski definition) is 8. The summed E-state index contributed by atoms with van der Waals surface area (Å²) in [5.41, 5.74) is -0.677. The lowest BCUT2D eigenvalue weighted by molar-refractivity contribution is -0.151. The van der Waals surface area contributed by atoms with E-state index in [1.54, 1.807) is 49.9 Å². The largest absolute Gasteiger partial charge is 0.481 e. The zero-order chi connectivity index (χ0) is 26.6. The number of carboxylic acid groups (broad SMARTS) is 1. The summed E-state index contributed by atoms with van der Waals surface area (Å²) in [5, 5.41) is 26.3. The Bertz CT molecular complexity index is 918. The van der Waals surface area contributed by atoms with Gasteiger partial charge in [0.05, 0.1) is 31.3 Å². The summed E-state index contributed by atoms with van der Waals surface area (Å²) in [4.78, 5) is 26.4. The number of morpholine rings is 1. The predicted molar refractivity (Wildman–Crippen MR) is 130 cm³/mol. The maximum absolute atomic E-state index is 12.5. The molecule has 2 saturated heterocycles. The fraction of sp³-hybridized carbons (Fsp3) is 0.680. The van der Waals surface area contributed by atoms with Crippen LogP contribution >= 0.6 is 0 Å². The number of aliphatic hydroxyl groups is 1. The van der Waals surface area contributed by atoms with Crippen LogP contribution in [0.15, 0.2) is 24.3 Å². The van der Waals surface area contributed by atoms with Gasteiger partial charge in [0, 0.05) is 13.1 Å². The van der Waals surface area contributed by atoms with Crippen LogP contribution < -0.4 is 15.4 Å². The third kappa shape index (κ3) is 7.30. The molecule has 2 heterocycles. The summed E-state index contributed by atoms with van der Waals surface area (Å²) in [7, 11) is 0. The molecule has 0 radical (unpaired) electrons. The molecule has 202 valence electrons. The van der Waals surface area contributed by atoms with Gasteiger partial charge in [-0.15, -0.1) is 0 Å². The molecule has 11 nitrogen and oxygen atoms in total. The molecule has 4 N–H and O–H groups in total. The van der Waals surface area contributed by atoms with Crippen molar-refractivity contribution in [2.75, 3.05) is 32.9 Å². The van der Waals surface area contributed by atoms with E-state index in [1.165, 1.54) is 6.92 Å². The highest BCUT2D eigenvalue weighted by Crippen LogP contribution is 2.36. The molecule has 0 aliphatic carbocycles. The van der Waals surface area contributed by atoms with Crippen molar-refractivity contribution in [3.8, 4) is 5.75 Å². The molecule has 2 amide bonds. The van der Waals surface area contributed by atoms with Gasteiger partial charge in [-0.05, 0) is 58.2 Å². The summed E-state index contributed by atoms with van der Waals surface area (Å²) in [6.45, 7) is 10.7. The smallest absolute Gasteiger partial charge is 0.320 e. The normalized spacial score (nSPS) is 23.8. The average molecular weight is 510 g/mol. The molecule has 0 bridgehead atoms. The van der Waals surface area contributed by atoms with E-state index in [9.17, 15) is 19.8 Å². The van der Waals surface area contributed by atoms with Crippen LogP contribution in [0.2, 0.25) is 0 Å². The molecule has 2 aliphatic rings. The van der Waals surface area contributed by atoms with E-state index in [2.05, 4.69) is 10.6 Å². The van der Waals surface area contributed by atoms with Crippen LogP contribution in [0.5, 0.6) is 5.75 Å². The first kappa shape index (κ1) is 28.1. The average Bonchev–Trinajstić information content (AvgIpc) is 3.16. The fourth-order valence-corrected chi connectivity index (χ4v) is 4.34. The van der Waals surface area contributed by atoms with Crippen molar-refractivity contribution in [1.82, 2.24) is 15.5 Å². The standard InChI is InChI=1S/C25H39N3O8/c1-6-20(26-25(5,32)27-22(31)28-10-12-33-13-11-28)35-18-9-7-8-17(14-18)24(4,21(29)30)15-19-16-34-23(2,3)36-19/h7-9,14,19-20,26,32H,6,10-13,15-16H2,1-5H3,(H,27,31)(H,29,30)/t19-,20?,24?,25-/m0/s1. The monoisotopic (exact) mass is 509 g/mol. The second-order valence-electron chi connectivity index (χ2n) is 10.1. The van der Waals surface area contributed by atoms with Crippen LogP contribution in [0.1, 0.15) is 53.0 Å². The van der Waals surface area contributed by atoms with Crippen LogP contribution in [-0.4, -0.2) is 84.0 Å². The Labute approximate surface area is 212 Å². The second kappa shape index (κ2) is 11.3. The first-order valence-electron chi connectivity index (χ1n) is 12.3. The van der Waals surface area contributed by atoms with E-state index in [1.807, 2.05) is 6.92 Å². The number of urea groups is 1. The van der Waals surface area contributed by atoms with Gasteiger partial charge in [-0.2, -0.15) is 0 Å². The predicted octanol–water partition coefficient (Wildman–Crippen LogP) is 1.98. The van der Waals surface area contributed by atoms with E-state index in [0.717, 1.165) is 0 Å². The first-order valence-corrected chi connectivity index (χ1v) is 12.3. The molecule has 36 heavy (non-hydrogen) atoms. The first-order chi connectivity index (χ1) is 16.8. The summed E-state index contributed by atoms with van der Waals surface area (Å²) in [5.74, 6) is -3.04. The molecule has 2 unspecified atom stereocenters. The number of carboxylic acids is 1. The second-order valence-corrected chi connectivity index (χ2v) is 10.1. The minimum atomic E-state index is -1.74. The van der Waals surface area contributed by atoms with Crippen molar-refractivity contribution in [3.63, 3.8) is 0 Å². The molecular formula is C25H39N3O8. The molecular weight excluding hydrogens is 470 g/mol. The van der Waals surface area contributed by atoms with E-state index in [-0.39, 0.29) is 12.5 Å². The van der Waals surface area contributed by atoms with E-state index in [4.69, 9.17) is 18.9 Å². The van der Waals surface area contributed by atoms with Crippen molar-refractivity contribution >= 4 is 12.0 Å². The lowest BCUT2D eigenvalue weighted by Crippen LogP contribution is -2.63. The van der Waals surface area contributed by atoms with Crippen LogP contribution in [0, 0.1) is 0 Å². The van der Waals surface area contributed by atoms with Gasteiger partial charge in [-0.3, -0.25) is 10.1 Å². The zero-order valence-corrected chi connectivity index (χ0v) is 21.7. The number of nitrogens with one attached hydrogen (secondary N) is 2. The van der Waals surface area contributed by atoms with Gasteiger partial charge in [-0.25, -0.2) is 10.1 Å². The van der Waals surface area contributed by atoms with Gasteiger partial charge in [0.15, 0.2) is 17.9 Å². The summed E-state index contributed by atoms with van der Waals surface area (Å²) < 4.78 is 22.8. The Morgan fingerprint density at radius 1 is 1.28 bits per heavy atom. The Hall–Kier alpha value is -2.44. The van der Waals surface area contributed by atoms with Gasteiger partial charge in [-0.1, -0.05) is 19.1 Å². The molecule has 2 aliphatic heterocycles. The Balaban J connectivity index is 1.67. The quantitative estimate of drug-likeness (QED) is 0.349. The molecule has 0 spiro atoms. The SMILES string of the molecule is CCC(N[C@](C)(O)NC(=O)N1CCOCC1)Oc1cccc(C(C)(C[C@H]2COC(C)(C)O2)C(=O)O)c1. The number of benzene rings is 1. The third-order valence-corrected chi connectivity index (χ3v) is 6.39. The number of carbonyl (C=O) groups excluding carboxylic acids is 1. The molecule has 4 atom stereocenters. The highest BCUT2D eigenvalue weighted by Gasteiger charge is 2.43. The van der Waals surface area contributed by atoms with Crippen molar-refractivity contribution in [1.29, 1.82) is 0 Å². The lowest BCUT2D eigenvalue weighted by Gasteiger charge is -2.34. The maximum atomic E-state index is 12.5. The minimum absolute atomic E-state index is 0.229. The molecule has 0 saturated carbocycles. The van der Waals surface area contributed by atoms with Crippen LogP contribution in [-0.2, 0) is 24.4 Å². The molecule has 0 aromatic heterocycles. The van der Waals surface area contributed by atoms with Crippen LogP contribution in [0.25, 0.3) is 0 Å². The van der Waals surface area contributed by atoms with Gasteiger partial charge in [0.1, 0.15) is 5.75 Å². The van der Waals surface area contributed by atoms with Crippen LogP contribution in [0.3, 0.4) is 0 Å². The summed E-state index contributed by atoms with van der Waals surface area (Å²) in [6, 6.07) is 6.46. The molecule has 2 fully saturated rings. The van der Waals surface area contributed by atoms with Crippen molar-refractivity contribution in [3.05, 3.63) is 29.8 Å². The lowest BCUT2D eigenvalue weighted by atomic mass is 9.78. The van der Waals surface area contributed by atoms with Gasteiger partial charge in [0.2, 0.25) is 0 Å². The molecule has 11 heteroatoms. The number of aliphatic carboxylic acids is 1. The minimum Gasteiger partial charge on any atom is -0.481 e. The highest BCUT2D eigenvalue weighted by atomic mass is 16.7. The maximum Gasteiger partial charge on any atom is 0.320 e. The van der Waals surface area contributed by atoms with Gasteiger partial charge >= 0.3 is 12.0 Å². The Morgan fingerprint density at radius 3 is 2.56 bits per heavy atom. The molecule has 1 aromatic rings. The number of hydrogen-bond donors (Lipinski definition) is 4. The zero-order valence-electron chi connectivity index (χ0n) is 21.7.